The molecule has 1 fully saturated rings. The van der Waals surface area contributed by atoms with Gasteiger partial charge in [0.15, 0.2) is 17.7 Å². The number of hydrogen-bond donors (Lipinski definition) is 4. The molecule has 2 aromatic heterocycles. The topological polar surface area (TPSA) is 155 Å². The number of ether oxygens (including phenoxy) is 2. The maximum absolute atomic E-state index is 10.8. The van der Waals surface area contributed by atoms with E-state index in [2.05, 4.69) is 30.9 Å². The summed E-state index contributed by atoms with van der Waals surface area (Å²) >= 11 is 3.46. The summed E-state index contributed by atoms with van der Waals surface area (Å²) in [7, 11) is 0. The molecular weight excluding hydrogens is 468 g/mol. The van der Waals surface area contributed by atoms with E-state index in [0.717, 1.165) is 18.2 Å². The van der Waals surface area contributed by atoms with Gasteiger partial charge in [-0.2, -0.15) is 9.97 Å². The van der Waals surface area contributed by atoms with E-state index in [-0.39, 0.29) is 18.4 Å². The van der Waals surface area contributed by atoms with E-state index in [1.54, 1.807) is 4.57 Å². The Hall–Kier alpha value is -1.53. The van der Waals surface area contributed by atoms with Crippen molar-refractivity contribution in [2.75, 3.05) is 30.0 Å². The zero-order valence-corrected chi connectivity index (χ0v) is 19.3. The number of aliphatic hydroxyl groups excluding tert-OH is 2. The second-order valence-electron chi connectivity index (χ2n) is 7.88. The molecule has 3 heterocycles. The van der Waals surface area contributed by atoms with Crippen molar-refractivity contribution in [2.45, 2.75) is 75.9 Å². The van der Waals surface area contributed by atoms with Gasteiger partial charge in [0.25, 0.3) is 0 Å². The van der Waals surface area contributed by atoms with Crippen molar-refractivity contribution >= 4 is 38.9 Å². The van der Waals surface area contributed by atoms with E-state index in [1.165, 1.54) is 44.9 Å². The predicted molar refractivity (Wildman–Crippen MR) is 122 cm³/mol. The van der Waals surface area contributed by atoms with Gasteiger partial charge >= 0.3 is 0 Å². The molecule has 0 unspecified atom stereocenters. The van der Waals surface area contributed by atoms with Crippen molar-refractivity contribution in [3.63, 3.8) is 0 Å². The number of halogens is 1. The zero-order chi connectivity index (χ0) is 22.2. The number of nitrogens with two attached hydrogens (primary N) is 2. The summed E-state index contributed by atoms with van der Waals surface area (Å²) in [5, 5.41) is 21.7. The lowest BCUT2D eigenvalue weighted by Crippen LogP contribution is -2.36. The minimum atomic E-state index is -0.999. The zero-order valence-electron chi connectivity index (χ0n) is 17.7. The fraction of sp³-hybridized carbons (Fsp3) is 0.750. The number of unbranched alkanes of at least 4 members (excludes halogenated alkanes) is 7. The molecule has 10 nitrogen and oxygen atoms in total. The third-order valence-corrected chi connectivity index (χ3v) is 6.13. The Balaban J connectivity index is 1.49. The van der Waals surface area contributed by atoms with Gasteiger partial charge in [-0.3, -0.25) is 4.57 Å². The Morgan fingerprint density at radius 1 is 1.06 bits per heavy atom. The molecule has 31 heavy (non-hydrogen) atoms. The quantitative estimate of drug-likeness (QED) is 0.239. The monoisotopic (exact) mass is 500 g/mol. The van der Waals surface area contributed by atoms with Gasteiger partial charge in [-0.05, 0) is 12.8 Å². The number of aromatic nitrogens is 4. The lowest BCUT2D eigenvalue weighted by molar-refractivity contribution is -0.0609. The van der Waals surface area contributed by atoms with Gasteiger partial charge in [-0.15, -0.1) is 0 Å². The normalized spacial score (nSPS) is 23.7. The maximum atomic E-state index is 10.8. The number of nitrogen functional groups attached to an aromatic ring is 2. The third kappa shape index (κ3) is 6.04. The molecule has 1 aliphatic rings. The van der Waals surface area contributed by atoms with Crippen LogP contribution in [0.4, 0.5) is 11.8 Å². The summed E-state index contributed by atoms with van der Waals surface area (Å²) < 4.78 is 13.3. The summed E-state index contributed by atoms with van der Waals surface area (Å²) in [6, 6.07) is 0. The highest BCUT2D eigenvalue weighted by molar-refractivity contribution is 9.09. The summed E-state index contributed by atoms with van der Waals surface area (Å²) in [6.45, 7) is 0.239. The molecule has 4 atom stereocenters. The van der Waals surface area contributed by atoms with Crippen LogP contribution in [0.25, 0.3) is 11.2 Å². The van der Waals surface area contributed by atoms with Crippen molar-refractivity contribution in [1.29, 1.82) is 0 Å². The number of rotatable bonds is 13. The lowest BCUT2D eigenvalue weighted by Gasteiger charge is -2.20. The number of hydrogen-bond acceptors (Lipinski definition) is 9. The van der Waals surface area contributed by atoms with Crippen LogP contribution in [0.3, 0.4) is 0 Å². The van der Waals surface area contributed by atoms with Crippen LogP contribution in [0.1, 0.15) is 57.6 Å². The molecule has 1 saturated heterocycles. The van der Waals surface area contributed by atoms with Crippen molar-refractivity contribution in [2.24, 2.45) is 0 Å². The standard InChI is InChI=1S/C20H33BrN6O4/c21-9-7-5-3-1-2-4-6-8-10-30-16-13(11-28)31-19(15(16)29)27-12-24-14-17(22)25-20(23)26-18(14)27/h12-13,15-16,19,28-29H,1-11H2,(H4,22,23,25,26)/t13-,15-,16-,19-/m1/s1. The molecule has 0 aliphatic carbocycles. The van der Waals surface area contributed by atoms with E-state index in [4.69, 9.17) is 20.9 Å². The summed E-state index contributed by atoms with van der Waals surface area (Å²) in [5.74, 6) is 0.164. The highest BCUT2D eigenvalue weighted by atomic mass is 79.9. The van der Waals surface area contributed by atoms with Gasteiger partial charge in [0.05, 0.1) is 12.9 Å². The van der Waals surface area contributed by atoms with E-state index in [0.29, 0.717) is 17.8 Å². The molecule has 1 aliphatic heterocycles. The van der Waals surface area contributed by atoms with Crippen molar-refractivity contribution in [3.8, 4) is 0 Å². The van der Waals surface area contributed by atoms with Crippen LogP contribution < -0.4 is 11.5 Å². The predicted octanol–water partition coefficient (Wildman–Crippen LogP) is 2.14. The lowest BCUT2D eigenvalue weighted by atomic mass is 10.1. The van der Waals surface area contributed by atoms with E-state index >= 15 is 0 Å². The van der Waals surface area contributed by atoms with Crippen LogP contribution >= 0.6 is 15.9 Å². The Bertz CT molecular complexity index is 822. The molecule has 0 bridgehead atoms. The first-order valence-electron chi connectivity index (χ1n) is 10.9. The Morgan fingerprint density at radius 2 is 1.74 bits per heavy atom. The summed E-state index contributed by atoms with van der Waals surface area (Å²) in [4.78, 5) is 12.3. The molecule has 0 aromatic carbocycles. The van der Waals surface area contributed by atoms with E-state index in [1.807, 2.05) is 0 Å². The number of fused-ring (bicyclic) bond motifs is 1. The van der Waals surface area contributed by atoms with Crippen LogP contribution in [0.5, 0.6) is 0 Å². The first-order chi connectivity index (χ1) is 15.1. The van der Waals surface area contributed by atoms with Crippen LogP contribution in [0, 0.1) is 0 Å². The maximum Gasteiger partial charge on any atom is 0.224 e. The van der Waals surface area contributed by atoms with Crippen LogP contribution in [-0.4, -0.2) is 66.6 Å². The van der Waals surface area contributed by atoms with Crippen molar-refractivity contribution in [3.05, 3.63) is 6.33 Å². The van der Waals surface area contributed by atoms with Crippen molar-refractivity contribution < 1.29 is 19.7 Å². The molecule has 11 heteroatoms. The van der Waals surface area contributed by atoms with Crippen LogP contribution in [0.2, 0.25) is 0 Å². The van der Waals surface area contributed by atoms with Gasteiger partial charge in [0, 0.05) is 11.9 Å². The molecule has 0 amide bonds. The van der Waals surface area contributed by atoms with Crippen molar-refractivity contribution in [1.82, 2.24) is 19.5 Å². The van der Waals surface area contributed by atoms with Gasteiger partial charge in [0.2, 0.25) is 5.95 Å². The third-order valence-electron chi connectivity index (χ3n) is 5.57. The second-order valence-corrected chi connectivity index (χ2v) is 8.68. The van der Waals surface area contributed by atoms with Gasteiger partial charge in [-0.25, -0.2) is 4.98 Å². The van der Waals surface area contributed by atoms with E-state index in [9.17, 15) is 10.2 Å². The number of alkyl halides is 1. The Labute approximate surface area is 190 Å². The summed E-state index contributed by atoms with van der Waals surface area (Å²) in [6.07, 6.45) is 7.85. The number of imidazole rings is 1. The van der Waals surface area contributed by atoms with Gasteiger partial charge < -0.3 is 31.2 Å². The van der Waals surface area contributed by atoms with Crippen LogP contribution in [-0.2, 0) is 9.47 Å². The number of aliphatic hydroxyl groups is 2. The minimum absolute atomic E-state index is 0.00821. The SMILES string of the molecule is Nc1nc(N)c2ncn([C@@H]3O[C@H](CO)[C@@H](OCCCCCCCCCCBr)[C@H]3O)c2n1. The molecule has 6 N–H and O–H groups in total. The molecule has 0 saturated carbocycles. The molecule has 0 radical (unpaired) electrons. The first-order valence-corrected chi connectivity index (χ1v) is 12.1. The van der Waals surface area contributed by atoms with Gasteiger partial charge in [0.1, 0.15) is 23.8 Å². The van der Waals surface area contributed by atoms with Gasteiger partial charge in [-0.1, -0.05) is 54.5 Å². The average molecular weight is 501 g/mol. The fourth-order valence-electron chi connectivity index (χ4n) is 3.92. The molecule has 2 aromatic rings. The fourth-order valence-corrected chi connectivity index (χ4v) is 4.32. The molecule has 3 rings (SSSR count). The highest BCUT2D eigenvalue weighted by Gasteiger charge is 2.45. The molecule has 174 valence electrons. The Morgan fingerprint density at radius 3 is 2.42 bits per heavy atom. The number of anilines is 2. The van der Waals surface area contributed by atoms with Crippen LogP contribution in [0.15, 0.2) is 6.33 Å². The smallest absolute Gasteiger partial charge is 0.224 e. The molecular formula is C20H33BrN6O4. The number of nitrogens with zero attached hydrogens (tertiary/aromatic N) is 4. The summed E-state index contributed by atoms with van der Waals surface area (Å²) in [5.41, 5.74) is 12.3. The Kier molecular flexibility index (Phi) is 9.27. The largest absolute Gasteiger partial charge is 0.394 e. The minimum Gasteiger partial charge on any atom is -0.394 e. The second kappa shape index (κ2) is 11.9. The molecule has 0 spiro atoms. The van der Waals surface area contributed by atoms with E-state index < -0.39 is 24.5 Å². The average Bonchev–Trinajstić information content (AvgIpc) is 3.30. The first kappa shape index (κ1) is 24.1. The highest BCUT2D eigenvalue weighted by Crippen LogP contribution is 2.33.